The molecule has 1 fully saturated rings. The molecule has 0 saturated heterocycles. The molecule has 0 spiro atoms. The van der Waals surface area contributed by atoms with E-state index in [0.717, 1.165) is 12.3 Å². The third kappa shape index (κ3) is 4.12. The predicted molar refractivity (Wildman–Crippen MR) is 58.7 cm³/mol. The van der Waals surface area contributed by atoms with E-state index in [9.17, 15) is 0 Å². The molecule has 0 bridgehead atoms. The zero-order chi connectivity index (χ0) is 9.73. The summed E-state index contributed by atoms with van der Waals surface area (Å²) < 4.78 is 0. The van der Waals surface area contributed by atoms with Gasteiger partial charge >= 0.3 is 0 Å². The number of rotatable bonds is 4. The second kappa shape index (κ2) is 4.99. The van der Waals surface area contributed by atoms with E-state index in [1.54, 1.807) is 0 Å². The fourth-order valence-electron chi connectivity index (χ4n) is 2.19. The van der Waals surface area contributed by atoms with Gasteiger partial charge in [0, 0.05) is 5.54 Å². The Morgan fingerprint density at radius 2 is 1.85 bits per heavy atom. The fraction of sp³-hybridized carbons (Fsp3) is 1.00. The molecule has 78 valence electrons. The highest BCUT2D eigenvalue weighted by molar-refractivity contribution is 4.78. The van der Waals surface area contributed by atoms with Gasteiger partial charge in [-0.1, -0.05) is 39.0 Å². The zero-order valence-corrected chi connectivity index (χ0v) is 9.31. The summed E-state index contributed by atoms with van der Waals surface area (Å²) >= 11 is 0. The molecule has 1 atom stereocenters. The maximum Gasteiger partial charge on any atom is 0.0123 e. The van der Waals surface area contributed by atoms with E-state index < -0.39 is 0 Å². The van der Waals surface area contributed by atoms with Crippen molar-refractivity contribution in [2.75, 3.05) is 0 Å². The summed E-state index contributed by atoms with van der Waals surface area (Å²) in [5.74, 6) is 0.989. The van der Waals surface area contributed by atoms with Crippen molar-refractivity contribution in [2.45, 2.75) is 70.8 Å². The van der Waals surface area contributed by atoms with Crippen molar-refractivity contribution in [1.82, 2.24) is 0 Å². The van der Waals surface area contributed by atoms with Crippen molar-refractivity contribution in [2.24, 2.45) is 11.7 Å². The minimum absolute atomic E-state index is 0.0947. The van der Waals surface area contributed by atoms with Gasteiger partial charge in [-0.15, -0.1) is 0 Å². The third-order valence-corrected chi connectivity index (χ3v) is 3.66. The first-order chi connectivity index (χ1) is 6.14. The molecule has 2 N–H and O–H groups in total. The van der Waals surface area contributed by atoms with Gasteiger partial charge in [0.1, 0.15) is 0 Å². The Kier molecular flexibility index (Phi) is 4.24. The Balaban J connectivity index is 2.17. The van der Waals surface area contributed by atoms with Gasteiger partial charge in [0.25, 0.3) is 0 Å². The van der Waals surface area contributed by atoms with Gasteiger partial charge in [-0.3, -0.25) is 0 Å². The molecule has 1 aliphatic rings. The highest BCUT2D eigenvalue weighted by Gasteiger charge is 2.19. The van der Waals surface area contributed by atoms with Gasteiger partial charge in [0.2, 0.25) is 0 Å². The van der Waals surface area contributed by atoms with E-state index >= 15 is 0 Å². The van der Waals surface area contributed by atoms with Crippen LogP contribution in [0.4, 0.5) is 0 Å². The maximum atomic E-state index is 6.13. The van der Waals surface area contributed by atoms with Crippen molar-refractivity contribution in [3.63, 3.8) is 0 Å². The number of hydrogen-bond donors (Lipinski definition) is 1. The minimum atomic E-state index is 0.0947. The van der Waals surface area contributed by atoms with Crippen LogP contribution in [0.2, 0.25) is 0 Å². The summed E-state index contributed by atoms with van der Waals surface area (Å²) in [7, 11) is 0. The van der Waals surface area contributed by atoms with Crippen molar-refractivity contribution in [3.05, 3.63) is 0 Å². The van der Waals surface area contributed by atoms with Gasteiger partial charge in [0.05, 0.1) is 0 Å². The summed E-state index contributed by atoms with van der Waals surface area (Å²) in [6.07, 6.45) is 11.0. The highest BCUT2D eigenvalue weighted by Crippen LogP contribution is 2.29. The summed E-state index contributed by atoms with van der Waals surface area (Å²) in [5, 5.41) is 0. The smallest absolute Gasteiger partial charge is 0.0123 e. The molecule has 0 radical (unpaired) electrons. The van der Waals surface area contributed by atoms with E-state index in [4.69, 9.17) is 5.73 Å². The van der Waals surface area contributed by atoms with Crippen LogP contribution in [0.15, 0.2) is 0 Å². The molecule has 13 heavy (non-hydrogen) atoms. The Morgan fingerprint density at radius 3 is 2.38 bits per heavy atom. The molecule has 0 aromatic carbocycles. The van der Waals surface area contributed by atoms with Crippen molar-refractivity contribution in [3.8, 4) is 0 Å². The van der Waals surface area contributed by atoms with Crippen LogP contribution in [0.1, 0.15) is 65.2 Å². The molecular formula is C12H25N. The summed E-state index contributed by atoms with van der Waals surface area (Å²) in [6, 6.07) is 0. The van der Waals surface area contributed by atoms with Gasteiger partial charge in [-0.05, 0) is 32.1 Å². The predicted octanol–water partition coefficient (Wildman–Crippen LogP) is 3.47. The minimum Gasteiger partial charge on any atom is -0.325 e. The zero-order valence-electron chi connectivity index (χ0n) is 9.31. The lowest BCUT2D eigenvalue weighted by Crippen LogP contribution is -2.35. The molecule has 1 saturated carbocycles. The normalized spacial score (nSPS) is 24.2. The summed E-state index contributed by atoms with van der Waals surface area (Å²) in [6.45, 7) is 4.39. The van der Waals surface area contributed by atoms with Crippen LogP contribution in [-0.2, 0) is 0 Å². The molecule has 1 rings (SSSR count). The average molecular weight is 183 g/mol. The van der Waals surface area contributed by atoms with Crippen LogP contribution in [0.25, 0.3) is 0 Å². The van der Waals surface area contributed by atoms with Crippen LogP contribution in [0.5, 0.6) is 0 Å². The van der Waals surface area contributed by atoms with Gasteiger partial charge in [0.15, 0.2) is 0 Å². The average Bonchev–Trinajstić information content (AvgIpc) is 2.17. The van der Waals surface area contributed by atoms with Crippen LogP contribution >= 0.6 is 0 Å². The number of nitrogens with two attached hydrogens (primary N) is 1. The van der Waals surface area contributed by atoms with E-state index in [1.165, 1.54) is 44.9 Å². The topological polar surface area (TPSA) is 26.0 Å². The van der Waals surface area contributed by atoms with E-state index in [2.05, 4.69) is 13.8 Å². The largest absolute Gasteiger partial charge is 0.325 e. The highest BCUT2D eigenvalue weighted by atomic mass is 14.7. The first-order valence-electron chi connectivity index (χ1n) is 5.93. The monoisotopic (exact) mass is 183 g/mol. The molecule has 0 amide bonds. The lowest BCUT2D eigenvalue weighted by Gasteiger charge is -2.27. The molecule has 0 heterocycles. The molecule has 1 heteroatoms. The standard InChI is InChI=1S/C12H25N/c1-3-12(2,13)10-9-11-7-5-4-6-8-11/h11H,3-10,13H2,1-2H3. The van der Waals surface area contributed by atoms with E-state index in [0.29, 0.717) is 0 Å². The molecule has 0 aliphatic heterocycles. The van der Waals surface area contributed by atoms with Gasteiger partial charge < -0.3 is 5.73 Å². The van der Waals surface area contributed by atoms with Crippen molar-refractivity contribution < 1.29 is 0 Å². The Labute approximate surface area is 83.1 Å². The lowest BCUT2D eigenvalue weighted by molar-refractivity contribution is 0.292. The number of hydrogen-bond acceptors (Lipinski definition) is 1. The molecular weight excluding hydrogens is 158 g/mol. The van der Waals surface area contributed by atoms with Crippen molar-refractivity contribution in [1.29, 1.82) is 0 Å². The fourth-order valence-corrected chi connectivity index (χ4v) is 2.19. The van der Waals surface area contributed by atoms with Crippen LogP contribution in [0.3, 0.4) is 0 Å². The van der Waals surface area contributed by atoms with Gasteiger partial charge in [-0.25, -0.2) is 0 Å². The van der Waals surface area contributed by atoms with Crippen LogP contribution < -0.4 is 5.73 Å². The molecule has 0 aromatic rings. The molecule has 0 aromatic heterocycles. The molecule has 1 nitrogen and oxygen atoms in total. The Bertz CT molecular complexity index is 134. The van der Waals surface area contributed by atoms with Gasteiger partial charge in [-0.2, -0.15) is 0 Å². The third-order valence-electron chi connectivity index (χ3n) is 3.66. The summed E-state index contributed by atoms with van der Waals surface area (Å²) in [5.41, 5.74) is 6.23. The second-order valence-corrected chi connectivity index (χ2v) is 5.05. The molecule has 1 aliphatic carbocycles. The summed E-state index contributed by atoms with van der Waals surface area (Å²) in [4.78, 5) is 0. The molecule has 1 unspecified atom stereocenters. The quantitative estimate of drug-likeness (QED) is 0.709. The Morgan fingerprint density at radius 1 is 1.23 bits per heavy atom. The van der Waals surface area contributed by atoms with Crippen molar-refractivity contribution >= 4 is 0 Å². The SMILES string of the molecule is CCC(C)(N)CCC1CCCCC1. The lowest BCUT2D eigenvalue weighted by atomic mass is 9.82. The van der Waals surface area contributed by atoms with E-state index in [-0.39, 0.29) is 5.54 Å². The first kappa shape index (κ1) is 11.0. The first-order valence-corrected chi connectivity index (χ1v) is 5.93. The second-order valence-electron chi connectivity index (χ2n) is 5.05. The van der Waals surface area contributed by atoms with E-state index in [1.807, 2.05) is 0 Å². The Hall–Kier alpha value is -0.0400. The van der Waals surface area contributed by atoms with Crippen LogP contribution in [0, 0.1) is 5.92 Å². The van der Waals surface area contributed by atoms with Crippen LogP contribution in [-0.4, -0.2) is 5.54 Å². The maximum absolute atomic E-state index is 6.13.